The van der Waals surface area contributed by atoms with Gasteiger partial charge < -0.3 is 10.3 Å². The number of hydrogen-bond donors (Lipinski definition) is 2. The first-order valence-corrected chi connectivity index (χ1v) is 9.38. The standard InChI is InChI=1S/C15H20N4O3S/c1-10-5-6-11(9-12(10)19-23(2,20)21)13-17-14(18-22-13)15(16)7-3-4-8-15/h5-6,9,19H,3-4,7-8,16H2,1-2H3. The highest BCUT2D eigenvalue weighted by Gasteiger charge is 2.36. The maximum atomic E-state index is 11.4. The summed E-state index contributed by atoms with van der Waals surface area (Å²) in [5, 5.41) is 4.02. The molecule has 0 bridgehead atoms. The lowest BCUT2D eigenvalue weighted by Crippen LogP contribution is -2.34. The Hall–Kier alpha value is -1.93. The van der Waals surface area contributed by atoms with Crippen molar-refractivity contribution in [3.8, 4) is 11.5 Å². The Morgan fingerprint density at radius 3 is 2.65 bits per heavy atom. The first kappa shape index (κ1) is 15.9. The fraction of sp³-hybridized carbons (Fsp3) is 0.467. The van der Waals surface area contributed by atoms with Gasteiger partial charge >= 0.3 is 0 Å². The zero-order valence-electron chi connectivity index (χ0n) is 13.2. The smallest absolute Gasteiger partial charge is 0.258 e. The van der Waals surface area contributed by atoms with Gasteiger partial charge in [0.2, 0.25) is 10.0 Å². The minimum absolute atomic E-state index is 0.341. The molecule has 0 atom stereocenters. The fourth-order valence-electron chi connectivity index (χ4n) is 2.84. The number of hydrogen-bond acceptors (Lipinski definition) is 6. The monoisotopic (exact) mass is 336 g/mol. The van der Waals surface area contributed by atoms with Crippen molar-refractivity contribution in [2.75, 3.05) is 11.0 Å². The largest absolute Gasteiger partial charge is 0.334 e. The average molecular weight is 336 g/mol. The lowest BCUT2D eigenvalue weighted by atomic mass is 9.98. The number of sulfonamides is 1. The van der Waals surface area contributed by atoms with Crippen LogP contribution in [0.5, 0.6) is 0 Å². The molecule has 1 aliphatic carbocycles. The average Bonchev–Trinajstić information content (AvgIpc) is 3.09. The van der Waals surface area contributed by atoms with Crippen LogP contribution in [0.1, 0.15) is 37.1 Å². The molecule has 8 heteroatoms. The van der Waals surface area contributed by atoms with Gasteiger partial charge in [0.1, 0.15) is 0 Å². The Bertz CT molecular complexity index is 823. The van der Waals surface area contributed by atoms with Gasteiger partial charge in [-0.2, -0.15) is 4.98 Å². The molecule has 1 aliphatic rings. The van der Waals surface area contributed by atoms with Gasteiger partial charge in [0.25, 0.3) is 5.89 Å². The second-order valence-electron chi connectivity index (χ2n) is 6.19. The molecule has 1 aromatic carbocycles. The van der Waals surface area contributed by atoms with E-state index in [1.54, 1.807) is 12.1 Å². The summed E-state index contributed by atoms with van der Waals surface area (Å²) in [6.45, 7) is 1.82. The predicted molar refractivity (Wildman–Crippen MR) is 87.3 cm³/mol. The molecule has 124 valence electrons. The van der Waals surface area contributed by atoms with E-state index in [4.69, 9.17) is 10.3 Å². The van der Waals surface area contributed by atoms with Crippen LogP contribution < -0.4 is 10.5 Å². The zero-order chi connectivity index (χ0) is 16.7. The first-order valence-electron chi connectivity index (χ1n) is 7.49. The maximum Gasteiger partial charge on any atom is 0.258 e. The van der Waals surface area contributed by atoms with Gasteiger partial charge in [-0.1, -0.05) is 24.1 Å². The molecule has 3 rings (SSSR count). The number of nitrogens with one attached hydrogen (secondary N) is 1. The molecule has 1 aromatic heterocycles. The molecule has 0 amide bonds. The van der Waals surface area contributed by atoms with Crippen molar-refractivity contribution in [2.24, 2.45) is 5.73 Å². The van der Waals surface area contributed by atoms with E-state index in [2.05, 4.69) is 14.9 Å². The highest BCUT2D eigenvalue weighted by atomic mass is 32.2. The lowest BCUT2D eigenvalue weighted by Gasteiger charge is -2.17. The van der Waals surface area contributed by atoms with Gasteiger partial charge in [-0.15, -0.1) is 0 Å². The summed E-state index contributed by atoms with van der Waals surface area (Å²) in [7, 11) is -3.35. The highest BCUT2D eigenvalue weighted by Crippen LogP contribution is 2.35. The van der Waals surface area contributed by atoms with Crippen LogP contribution in [0.3, 0.4) is 0 Å². The molecule has 23 heavy (non-hydrogen) atoms. The molecule has 0 aliphatic heterocycles. The second-order valence-corrected chi connectivity index (χ2v) is 7.94. The Morgan fingerprint density at radius 1 is 1.30 bits per heavy atom. The third-order valence-corrected chi connectivity index (χ3v) is 4.74. The molecule has 3 N–H and O–H groups in total. The third kappa shape index (κ3) is 3.37. The number of nitrogens with two attached hydrogens (primary N) is 1. The summed E-state index contributed by atoms with van der Waals surface area (Å²) < 4.78 is 30.7. The molecule has 7 nitrogen and oxygen atoms in total. The van der Waals surface area contributed by atoms with Crippen LogP contribution in [0.15, 0.2) is 22.7 Å². The van der Waals surface area contributed by atoms with Crippen LogP contribution in [-0.2, 0) is 15.6 Å². The second kappa shape index (κ2) is 5.61. The summed E-state index contributed by atoms with van der Waals surface area (Å²) in [5.41, 5.74) is 7.78. The van der Waals surface area contributed by atoms with E-state index in [0.29, 0.717) is 23.0 Å². The first-order chi connectivity index (χ1) is 10.8. The molecule has 2 aromatic rings. The van der Waals surface area contributed by atoms with E-state index in [9.17, 15) is 8.42 Å². The summed E-state index contributed by atoms with van der Waals surface area (Å²) in [6.07, 6.45) is 4.93. The Morgan fingerprint density at radius 2 is 2.00 bits per heavy atom. The van der Waals surface area contributed by atoms with Gasteiger partial charge in [-0.25, -0.2) is 8.42 Å². The highest BCUT2D eigenvalue weighted by molar-refractivity contribution is 7.92. The van der Waals surface area contributed by atoms with Gasteiger partial charge in [-0.05, 0) is 37.5 Å². The van der Waals surface area contributed by atoms with Crippen LogP contribution in [0, 0.1) is 6.92 Å². The predicted octanol–water partition coefficient (Wildman–Crippen LogP) is 2.14. The van der Waals surface area contributed by atoms with Crippen molar-refractivity contribution >= 4 is 15.7 Å². The van der Waals surface area contributed by atoms with E-state index in [1.807, 2.05) is 13.0 Å². The number of rotatable bonds is 4. The van der Waals surface area contributed by atoms with E-state index in [0.717, 1.165) is 37.5 Å². The normalized spacial score (nSPS) is 17.3. The topological polar surface area (TPSA) is 111 Å². The Balaban J connectivity index is 1.93. The Kier molecular flexibility index (Phi) is 3.89. The van der Waals surface area contributed by atoms with Crippen molar-refractivity contribution in [1.82, 2.24) is 10.1 Å². The molecule has 1 heterocycles. The molecule has 0 spiro atoms. The van der Waals surface area contributed by atoms with Gasteiger partial charge in [0.15, 0.2) is 5.82 Å². The van der Waals surface area contributed by atoms with Crippen molar-refractivity contribution in [2.45, 2.75) is 38.1 Å². The van der Waals surface area contributed by atoms with Crippen LogP contribution in [0.25, 0.3) is 11.5 Å². The summed E-state index contributed by atoms with van der Waals surface area (Å²) >= 11 is 0. The molecule has 0 radical (unpaired) electrons. The summed E-state index contributed by atoms with van der Waals surface area (Å²) in [4.78, 5) is 4.42. The molecule has 0 unspecified atom stereocenters. The minimum atomic E-state index is -3.35. The summed E-state index contributed by atoms with van der Waals surface area (Å²) in [6, 6.07) is 5.31. The molecule has 1 fully saturated rings. The number of aromatic nitrogens is 2. The SMILES string of the molecule is Cc1ccc(-c2nc(C3(N)CCCC3)no2)cc1NS(C)(=O)=O. The van der Waals surface area contributed by atoms with E-state index < -0.39 is 15.6 Å². The van der Waals surface area contributed by atoms with E-state index in [-0.39, 0.29) is 0 Å². The molecular formula is C15H20N4O3S. The maximum absolute atomic E-state index is 11.4. The number of aryl methyl sites for hydroxylation is 1. The van der Waals surface area contributed by atoms with Crippen molar-refractivity contribution in [1.29, 1.82) is 0 Å². The van der Waals surface area contributed by atoms with Crippen molar-refractivity contribution in [3.63, 3.8) is 0 Å². The van der Waals surface area contributed by atoms with Crippen LogP contribution >= 0.6 is 0 Å². The number of benzene rings is 1. The molecule has 1 saturated carbocycles. The van der Waals surface area contributed by atoms with Crippen LogP contribution in [-0.4, -0.2) is 24.8 Å². The van der Waals surface area contributed by atoms with Crippen LogP contribution in [0.4, 0.5) is 5.69 Å². The van der Waals surface area contributed by atoms with E-state index >= 15 is 0 Å². The van der Waals surface area contributed by atoms with Crippen molar-refractivity contribution in [3.05, 3.63) is 29.6 Å². The van der Waals surface area contributed by atoms with Gasteiger partial charge in [-0.3, -0.25) is 4.72 Å². The van der Waals surface area contributed by atoms with Crippen molar-refractivity contribution < 1.29 is 12.9 Å². The number of anilines is 1. The van der Waals surface area contributed by atoms with Gasteiger partial charge in [0, 0.05) is 5.56 Å². The Labute approximate surface area is 135 Å². The minimum Gasteiger partial charge on any atom is -0.334 e. The molecular weight excluding hydrogens is 316 g/mol. The number of nitrogens with zero attached hydrogens (tertiary/aromatic N) is 2. The van der Waals surface area contributed by atoms with E-state index in [1.165, 1.54) is 0 Å². The fourth-order valence-corrected chi connectivity index (χ4v) is 3.46. The third-order valence-electron chi connectivity index (χ3n) is 4.15. The lowest BCUT2D eigenvalue weighted by molar-refractivity contribution is 0.372. The molecule has 0 saturated heterocycles. The quantitative estimate of drug-likeness (QED) is 0.885. The van der Waals surface area contributed by atoms with Crippen LogP contribution in [0.2, 0.25) is 0 Å². The summed E-state index contributed by atoms with van der Waals surface area (Å²) in [5.74, 6) is 0.858. The van der Waals surface area contributed by atoms with Gasteiger partial charge in [0.05, 0.1) is 17.5 Å². The zero-order valence-corrected chi connectivity index (χ0v) is 14.0.